The highest BCUT2D eigenvalue weighted by molar-refractivity contribution is 6.14. The molecule has 114 valence electrons. The molecule has 0 saturated heterocycles. The molecule has 0 aromatic heterocycles. The van der Waals surface area contributed by atoms with Crippen LogP contribution in [0.1, 0.15) is 47.0 Å². The van der Waals surface area contributed by atoms with Gasteiger partial charge in [-0.3, -0.25) is 0 Å². The van der Waals surface area contributed by atoms with Gasteiger partial charge in [0.1, 0.15) is 5.57 Å². The van der Waals surface area contributed by atoms with Crippen LogP contribution in [0.25, 0.3) is 0 Å². The molecule has 0 spiro atoms. The highest BCUT2D eigenvalue weighted by atomic mass is 16.6. The first-order valence-electron chi connectivity index (χ1n) is 7.57. The minimum Gasteiger partial charge on any atom is -0.462 e. The SMILES string of the molecule is CCOC(=O)C(=CC1C(C)CCCC1C)C(=O)OCC. The zero-order chi connectivity index (χ0) is 15.1. The minimum atomic E-state index is -0.573. The van der Waals surface area contributed by atoms with Crippen molar-refractivity contribution in [3.8, 4) is 0 Å². The predicted molar refractivity (Wildman–Crippen MR) is 77.0 cm³/mol. The van der Waals surface area contributed by atoms with Gasteiger partial charge in [-0.2, -0.15) is 0 Å². The summed E-state index contributed by atoms with van der Waals surface area (Å²) >= 11 is 0. The number of hydrogen-bond donors (Lipinski definition) is 0. The Labute approximate surface area is 121 Å². The lowest BCUT2D eigenvalue weighted by Crippen LogP contribution is -2.26. The molecule has 0 bridgehead atoms. The van der Waals surface area contributed by atoms with Crippen molar-refractivity contribution in [2.24, 2.45) is 17.8 Å². The first-order valence-corrected chi connectivity index (χ1v) is 7.57. The van der Waals surface area contributed by atoms with E-state index in [4.69, 9.17) is 9.47 Å². The molecule has 1 saturated carbocycles. The molecular weight excluding hydrogens is 256 g/mol. The van der Waals surface area contributed by atoms with Gasteiger partial charge >= 0.3 is 11.9 Å². The molecule has 0 N–H and O–H groups in total. The van der Waals surface area contributed by atoms with Crippen LogP contribution in [0.5, 0.6) is 0 Å². The zero-order valence-electron chi connectivity index (χ0n) is 13.0. The van der Waals surface area contributed by atoms with Gasteiger partial charge in [0.15, 0.2) is 0 Å². The molecule has 0 radical (unpaired) electrons. The maximum Gasteiger partial charge on any atom is 0.345 e. The molecule has 20 heavy (non-hydrogen) atoms. The summed E-state index contributed by atoms with van der Waals surface area (Å²) in [5.74, 6) is 0.0228. The summed E-state index contributed by atoms with van der Waals surface area (Å²) in [4.78, 5) is 23.9. The van der Waals surface area contributed by atoms with Gasteiger partial charge in [0.25, 0.3) is 0 Å². The third-order valence-corrected chi connectivity index (χ3v) is 3.98. The van der Waals surface area contributed by atoms with Crippen molar-refractivity contribution < 1.29 is 19.1 Å². The maximum absolute atomic E-state index is 12.0. The fourth-order valence-corrected chi connectivity index (χ4v) is 2.87. The van der Waals surface area contributed by atoms with E-state index in [2.05, 4.69) is 13.8 Å². The van der Waals surface area contributed by atoms with Gasteiger partial charge in [0, 0.05) is 0 Å². The third kappa shape index (κ3) is 4.36. The Morgan fingerprint density at radius 2 is 1.45 bits per heavy atom. The van der Waals surface area contributed by atoms with Crippen molar-refractivity contribution in [2.45, 2.75) is 47.0 Å². The van der Waals surface area contributed by atoms with Crippen molar-refractivity contribution >= 4 is 11.9 Å². The molecule has 0 aromatic carbocycles. The van der Waals surface area contributed by atoms with Crippen molar-refractivity contribution in [1.29, 1.82) is 0 Å². The Morgan fingerprint density at radius 1 is 1.00 bits per heavy atom. The minimum absolute atomic E-state index is 0.0549. The Hall–Kier alpha value is -1.32. The number of carbonyl (C=O) groups is 2. The average Bonchev–Trinajstić information content (AvgIpc) is 2.38. The fraction of sp³-hybridized carbons (Fsp3) is 0.750. The van der Waals surface area contributed by atoms with Crippen LogP contribution in [0.4, 0.5) is 0 Å². The molecule has 1 aliphatic carbocycles. The summed E-state index contributed by atoms with van der Waals surface area (Å²) in [5, 5.41) is 0. The quantitative estimate of drug-likeness (QED) is 0.336. The first-order chi connectivity index (χ1) is 9.51. The normalized spacial score (nSPS) is 25.7. The standard InChI is InChI=1S/C16H26O4/c1-5-19-15(17)14(16(18)20-6-2)10-13-11(3)8-7-9-12(13)4/h10-13H,5-9H2,1-4H3. The van der Waals surface area contributed by atoms with Gasteiger partial charge < -0.3 is 9.47 Å². The molecule has 0 aliphatic heterocycles. The predicted octanol–water partition coefficient (Wildman–Crippen LogP) is 3.11. The van der Waals surface area contributed by atoms with Crippen LogP contribution in [0.2, 0.25) is 0 Å². The lowest BCUT2D eigenvalue weighted by Gasteiger charge is -2.32. The Balaban J connectivity index is 2.97. The van der Waals surface area contributed by atoms with E-state index in [1.807, 2.05) is 0 Å². The lowest BCUT2D eigenvalue weighted by molar-refractivity contribution is -0.146. The highest BCUT2D eigenvalue weighted by Gasteiger charge is 2.30. The van der Waals surface area contributed by atoms with Gasteiger partial charge in [0.05, 0.1) is 13.2 Å². The molecule has 1 rings (SSSR count). The van der Waals surface area contributed by atoms with E-state index in [1.165, 1.54) is 6.42 Å². The largest absolute Gasteiger partial charge is 0.462 e. The second kappa shape index (κ2) is 8.08. The topological polar surface area (TPSA) is 52.6 Å². The fourth-order valence-electron chi connectivity index (χ4n) is 2.87. The Bertz CT molecular complexity index is 343. The summed E-state index contributed by atoms with van der Waals surface area (Å²) in [6.45, 7) is 8.31. The lowest BCUT2D eigenvalue weighted by atomic mass is 9.73. The Morgan fingerprint density at radius 3 is 1.85 bits per heavy atom. The van der Waals surface area contributed by atoms with Gasteiger partial charge in [-0.05, 0) is 31.6 Å². The number of esters is 2. The monoisotopic (exact) mass is 282 g/mol. The van der Waals surface area contributed by atoms with E-state index in [0.29, 0.717) is 11.8 Å². The molecule has 0 amide bonds. The molecule has 4 heteroatoms. The highest BCUT2D eigenvalue weighted by Crippen LogP contribution is 2.36. The van der Waals surface area contributed by atoms with Crippen molar-refractivity contribution in [2.75, 3.05) is 13.2 Å². The molecule has 2 atom stereocenters. The molecule has 1 fully saturated rings. The third-order valence-electron chi connectivity index (χ3n) is 3.98. The summed E-state index contributed by atoms with van der Waals surface area (Å²) in [7, 11) is 0. The number of carbonyl (C=O) groups excluding carboxylic acids is 2. The van der Waals surface area contributed by atoms with E-state index in [0.717, 1.165) is 12.8 Å². The van der Waals surface area contributed by atoms with Crippen LogP contribution in [0.15, 0.2) is 11.6 Å². The van der Waals surface area contributed by atoms with Crippen molar-refractivity contribution in [3.63, 3.8) is 0 Å². The average molecular weight is 282 g/mol. The second-order valence-electron chi connectivity index (χ2n) is 5.48. The second-order valence-corrected chi connectivity index (χ2v) is 5.48. The molecule has 0 aromatic rings. The van der Waals surface area contributed by atoms with Crippen LogP contribution in [0.3, 0.4) is 0 Å². The number of hydrogen-bond acceptors (Lipinski definition) is 4. The smallest absolute Gasteiger partial charge is 0.345 e. The maximum atomic E-state index is 12.0. The summed E-state index contributed by atoms with van der Waals surface area (Å²) in [5.41, 5.74) is 0.0549. The van der Waals surface area contributed by atoms with E-state index in [-0.39, 0.29) is 24.7 Å². The number of allylic oxidation sites excluding steroid dienone is 1. The zero-order valence-corrected chi connectivity index (χ0v) is 13.0. The molecular formula is C16H26O4. The van der Waals surface area contributed by atoms with Gasteiger partial charge in [-0.15, -0.1) is 0 Å². The van der Waals surface area contributed by atoms with Gasteiger partial charge in [-0.25, -0.2) is 9.59 Å². The molecule has 4 nitrogen and oxygen atoms in total. The molecule has 1 aliphatic rings. The van der Waals surface area contributed by atoms with E-state index in [9.17, 15) is 9.59 Å². The van der Waals surface area contributed by atoms with E-state index in [1.54, 1.807) is 19.9 Å². The van der Waals surface area contributed by atoms with Crippen LogP contribution >= 0.6 is 0 Å². The van der Waals surface area contributed by atoms with Crippen LogP contribution in [-0.4, -0.2) is 25.2 Å². The van der Waals surface area contributed by atoms with Crippen LogP contribution < -0.4 is 0 Å². The summed E-state index contributed by atoms with van der Waals surface area (Å²) in [6, 6.07) is 0. The number of rotatable bonds is 5. The van der Waals surface area contributed by atoms with Crippen LogP contribution in [0, 0.1) is 17.8 Å². The Kier molecular flexibility index (Phi) is 6.76. The van der Waals surface area contributed by atoms with Gasteiger partial charge in [0.2, 0.25) is 0 Å². The number of ether oxygens (including phenoxy) is 2. The first kappa shape index (κ1) is 16.7. The van der Waals surface area contributed by atoms with Gasteiger partial charge in [-0.1, -0.05) is 39.2 Å². The van der Waals surface area contributed by atoms with E-state index >= 15 is 0 Å². The summed E-state index contributed by atoms with van der Waals surface area (Å²) < 4.78 is 9.95. The van der Waals surface area contributed by atoms with Crippen LogP contribution in [-0.2, 0) is 19.1 Å². The van der Waals surface area contributed by atoms with Crippen molar-refractivity contribution in [1.82, 2.24) is 0 Å². The van der Waals surface area contributed by atoms with E-state index < -0.39 is 11.9 Å². The molecule has 0 heterocycles. The van der Waals surface area contributed by atoms with Crippen molar-refractivity contribution in [3.05, 3.63) is 11.6 Å². The molecule has 2 unspecified atom stereocenters. The summed E-state index contributed by atoms with van der Waals surface area (Å²) in [6.07, 6.45) is 5.25.